The lowest BCUT2D eigenvalue weighted by Gasteiger charge is -2.15. The molecule has 0 fully saturated rings. The van der Waals surface area contributed by atoms with Crippen molar-refractivity contribution in [1.82, 2.24) is 19.1 Å². The highest BCUT2D eigenvalue weighted by Crippen LogP contribution is 2.43. The number of aromatic nitrogens is 4. The molecule has 5 nitrogen and oxygen atoms in total. The largest absolute Gasteiger partial charge is 0.456 e. The Morgan fingerprint density at radius 2 is 0.825 bits per heavy atom. The first-order valence-electron chi connectivity index (χ1n) is 21.3. The van der Waals surface area contributed by atoms with Crippen LogP contribution in [-0.4, -0.2) is 19.1 Å². The van der Waals surface area contributed by atoms with Crippen LogP contribution in [0.1, 0.15) is 0 Å². The Morgan fingerprint density at radius 3 is 1.52 bits per heavy atom. The van der Waals surface area contributed by atoms with Crippen LogP contribution in [-0.2, 0) is 0 Å². The van der Waals surface area contributed by atoms with Crippen LogP contribution < -0.4 is 0 Å². The molecule has 0 bridgehead atoms. The highest BCUT2D eigenvalue weighted by atomic mass is 16.3. The SMILES string of the molecule is c1ccc(-c2cc(-c3ccccc3)nc(-n3c4ccccc4c4ccc(-c5cc6c(cc5-c5ccccc5)c5ccccc5n6-c5ccc6oc7ccccc7c6c5)cc43)n2)cc1. The molecule has 0 N–H and O–H groups in total. The summed E-state index contributed by atoms with van der Waals surface area (Å²) in [5.41, 5.74) is 15.6. The number of benzene rings is 9. The summed E-state index contributed by atoms with van der Waals surface area (Å²) >= 11 is 0. The van der Waals surface area contributed by atoms with Gasteiger partial charge in [0.2, 0.25) is 5.95 Å². The first-order chi connectivity index (χ1) is 31.2. The third-order valence-electron chi connectivity index (χ3n) is 12.6. The van der Waals surface area contributed by atoms with Crippen LogP contribution in [0.5, 0.6) is 0 Å². The molecule has 5 heteroatoms. The summed E-state index contributed by atoms with van der Waals surface area (Å²) in [4.78, 5) is 10.7. The Kier molecular flexibility index (Phi) is 7.84. The minimum Gasteiger partial charge on any atom is -0.456 e. The fourth-order valence-corrected chi connectivity index (χ4v) is 9.64. The van der Waals surface area contributed by atoms with Gasteiger partial charge in [-0.05, 0) is 82.9 Å². The topological polar surface area (TPSA) is 48.8 Å². The van der Waals surface area contributed by atoms with Crippen molar-refractivity contribution in [2.75, 3.05) is 0 Å². The van der Waals surface area contributed by atoms with Crippen LogP contribution in [0.4, 0.5) is 0 Å². The average molecular weight is 805 g/mol. The van der Waals surface area contributed by atoms with E-state index in [1.807, 2.05) is 24.3 Å². The minimum absolute atomic E-state index is 0.625. The van der Waals surface area contributed by atoms with Gasteiger partial charge in [0.25, 0.3) is 0 Å². The van der Waals surface area contributed by atoms with Gasteiger partial charge in [-0.2, -0.15) is 0 Å². The van der Waals surface area contributed by atoms with E-state index in [1.165, 1.54) is 10.8 Å². The molecule has 13 rings (SSSR count). The summed E-state index contributed by atoms with van der Waals surface area (Å²) < 4.78 is 10.9. The molecule has 0 unspecified atom stereocenters. The van der Waals surface area contributed by atoms with Crippen LogP contribution in [0.2, 0.25) is 0 Å². The van der Waals surface area contributed by atoms with E-state index in [-0.39, 0.29) is 0 Å². The molecule has 4 aromatic heterocycles. The lowest BCUT2D eigenvalue weighted by Crippen LogP contribution is -2.04. The first-order valence-corrected chi connectivity index (χ1v) is 21.3. The molecular formula is C58H36N4O. The monoisotopic (exact) mass is 804 g/mol. The zero-order chi connectivity index (χ0) is 41.4. The predicted molar refractivity (Wildman–Crippen MR) is 260 cm³/mol. The lowest BCUT2D eigenvalue weighted by atomic mass is 9.92. The summed E-state index contributed by atoms with van der Waals surface area (Å²) in [6.45, 7) is 0. The molecule has 0 aliphatic carbocycles. The molecule has 0 amide bonds. The van der Waals surface area contributed by atoms with Gasteiger partial charge in [0.15, 0.2) is 0 Å². The number of fused-ring (bicyclic) bond motifs is 9. The van der Waals surface area contributed by atoms with Crippen LogP contribution in [0.3, 0.4) is 0 Å². The summed E-state index contributed by atoms with van der Waals surface area (Å²) in [5, 5.41) is 6.90. The van der Waals surface area contributed by atoms with E-state index in [0.29, 0.717) is 5.95 Å². The Labute approximate surface area is 362 Å². The molecular weight excluding hydrogens is 769 g/mol. The van der Waals surface area contributed by atoms with Crippen molar-refractivity contribution in [3.05, 3.63) is 218 Å². The standard InChI is InChI=1S/C58H36N4O/c1-4-16-37(17-5-1)46-34-48-43-23-11-13-25-52(43)61(41-29-31-57-49(33-41)45-24-12-15-27-56(45)63-57)55(48)35-47(46)40-28-30-44-42-22-10-14-26-53(42)62(54(44)32-40)58-59-50(38-18-6-2-7-19-38)36-51(60-58)39-20-8-3-9-21-39/h1-36H. The van der Waals surface area contributed by atoms with Gasteiger partial charge in [0.05, 0.1) is 33.5 Å². The Morgan fingerprint density at radius 1 is 0.302 bits per heavy atom. The van der Waals surface area contributed by atoms with Gasteiger partial charge in [-0.1, -0.05) is 158 Å². The van der Waals surface area contributed by atoms with Crippen LogP contribution in [0, 0.1) is 0 Å². The van der Waals surface area contributed by atoms with E-state index >= 15 is 0 Å². The molecule has 0 atom stereocenters. The van der Waals surface area contributed by atoms with Gasteiger partial charge in [-0.15, -0.1) is 0 Å². The van der Waals surface area contributed by atoms with Gasteiger partial charge in [0, 0.05) is 49.1 Å². The van der Waals surface area contributed by atoms with Crippen molar-refractivity contribution in [2.45, 2.75) is 0 Å². The second kappa shape index (κ2) is 14.0. The van der Waals surface area contributed by atoms with Crippen molar-refractivity contribution >= 4 is 65.6 Å². The molecule has 4 heterocycles. The van der Waals surface area contributed by atoms with Crippen molar-refractivity contribution in [2.24, 2.45) is 0 Å². The summed E-state index contributed by atoms with van der Waals surface area (Å²) in [5.74, 6) is 0.625. The zero-order valence-electron chi connectivity index (χ0n) is 34.0. The van der Waals surface area contributed by atoms with Gasteiger partial charge >= 0.3 is 0 Å². The van der Waals surface area contributed by atoms with Gasteiger partial charge in [-0.3, -0.25) is 4.57 Å². The molecule has 9 aromatic carbocycles. The summed E-state index contributed by atoms with van der Waals surface area (Å²) in [6.07, 6.45) is 0. The van der Waals surface area contributed by atoms with Crippen molar-refractivity contribution in [3.8, 4) is 56.4 Å². The quantitative estimate of drug-likeness (QED) is 0.168. The molecule has 0 radical (unpaired) electrons. The molecule has 63 heavy (non-hydrogen) atoms. The van der Waals surface area contributed by atoms with E-state index < -0.39 is 0 Å². The molecule has 0 saturated heterocycles. The maximum Gasteiger partial charge on any atom is 0.235 e. The van der Waals surface area contributed by atoms with E-state index in [4.69, 9.17) is 14.4 Å². The third-order valence-corrected chi connectivity index (χ3v) is 12.6. The third kappa shape index (κ3) is 5.64. The molecule has 13 aromatic rings. The van der Waals surface area contributed by atoms with Gasteiger partial charge in [0.1, 0.15) is 11.2 Å². The highest BCUT2D eigenvalue weighted by Gasteiger charge is 2.21. The molecule has 0 aliphatic rings. The van der Waals surface area contributed by atoms with E-state index in [9.17, 15) is 0 Å². The minimum atomic E-state index is 0.625. The highest BCUT2D eigenvalue weighted by molar-refractivity contribution is 6.15. The normalized spacial score (nSPS) is 11.8. The smallest absolute Gasteiger partial charge is 0.235 e. The molecule has 294 valence electrons. The number of hydrogen-bond donors (Lipinski definition) is 0. The second-order valence-corrected chi connectivity index (χ2v) is 16.2. The van der Waals surface area contributed by atoms with E-state index in [2.05, 4.69) is 203 Å². The number of hydrogen-bond acceptors (Lipinski definition) is 3. The summed E-state index contributed by atoms with van der Waals surface area (Å²) in [7, 11) is 0. The van der Waals surface area contributed by atoms with E-state index in [0.717, 1.165) is 105 Å². The molecule has 0 aliphatic heterocycles. The Bertz CT molecular complexity index is 3840. The number of para-hydroxylation sites is 3. The van der Waals surface area contributed by atoms with Crippen molar-refractivity contribution < 1.29 is 4.42 Å². The lowest BCUT2D eigenvalue weighted by molar-refractivity contribution is 0.669. The molecule has 0 spiro atoms. The fourth-order valence-electron chi connectivity index (χ4n) is 9.64. The second-order valence-electron chi connectivity index (χ2n) is 16.2. The maximum absolute atomic E-state index is 6.28. The Balaban J connectivity index is 1.09. The van der Waals surface area contributed by atoms with Gasteiger partial charge < -0.3 is 8.98 Å². The molecule has 0 saturated carbocycles. The zero-order valence-corrected chi connectivity index (χ0v) is 34.0. The van der Waals surface area contributed by atoms with Crippen molar-refractivity contribution in [1.29, 1.82) is 0 Å². The number of rotatable bonds is 6. The number of nitrogens with zero attached hydrogens (tertiary/aromatic N) is 4. The maximum atomic E-state index is 6.28. The predicted octanol–water partition coefficient (Wildman–Crippen LogP) is 15.2. The van der Waals surface area contributed by atoms with Crippen LogP contribution in [0.25, 0.3) is 122 Å². The average Bonchev–Trinajstić information content (AvgIpc) is 4.01. The van der Waals surface area contributed by atoms with Crippen molar-refractivity contribution in [3.63, 3.8) is 0 Å². The van der Waals surface area contributed by atoms with Crippen LogP contribution in [0.15, 0.2) is 223 Å². The fraction of sp³-hybridized carbons (Fsp3) is 0. The van der Waals surface area contributed by atoms with E-state index in [1.54, 1.807) is 0 Å². The first kappa shape index (κ1) is 35.2. The van der Waals surface area contributed by atoms with Gasteiger partial charge in [-0.25, -0.2) is 9.97 Å². The number of furan rings is 1. The Hall–Kier alpha value is -8.54. The summed E-state index contributed by atoms with van der Waals surface area (Å²) in [6, 6.07) is 77.5. The van der Waals surface area contributed by atoms with Crippen LogP contribution >= 0.6 is 0 Å².